The summed E-state index contributed by atoms with van der Waals surface area (Å²) in [6.07, 6.45) is 7.07. The quantitative estimate of drug-likeness (QED) is 0.730. The van der Waals surface area contributed by atoms with Crippen LogP contribution >= 0.6 is 0 Å². The van der Waals surface area contributed by atoms with Gasteiger partial charge in [0.1, 0.15) is 6.10 Å². The summed E-state index contributed by atoms with van der Waals surface area (Å²) in [7, 11) is 1.39. The van der Waals surface area contributed by atoms with Crippen LogP contribution in [0.2, 0.25) is 0 Å². The Morgan fingerprint density at radius 2 is 1.90 bits per heavy atom. The van der Waals surface area contributed by atoms with Crippen LogP contribution in [-0.4, -0.2) is 49.2 Å². The molecule has 2 rings (SSSR count). The summed E-state index contributed by atoms with van der Waals surface area (Å²) in [5.74, 6) is -0.478. The number of esters is 1. The Hall–Kier alpha value is -1.10. The van der Waals surface area contributed by atoms with E-state index in [1.165, 1.54) is 13.5 Å². The Balaban J connectivity index is 2.04. The molecule has 0 N–H and O–H groups in total. The smallest absolute Gasteiger partial charge is 0.310 e. The first-order valence-corrected chi connectivity index (χ1v) is 8.13. The van der Waals surface area contributed by atoms with Gasteiger partial charge in [0.15, 0.2) is 0 Å². The zero-order valence-corrected chi connectivity index (χ0v) is 13.2. The highest BCUT2D eigenvalue weighted by atomic mass is 16.5. The molecule has 2 aliphatic rings. The first-order valence-electron chi connectivity index (χ1n) is 8.13. The zero-order chi connectivity index (χ0) is 15.2. The molecule has 1 aliphatic carbocycles. The molecule has 2 unspecified atom stereocenters. The van der Waals surface area contributed by atoms with Gasteiger partial charge in [-0.15, -0.1) is 0 Å². The van der Waals surface area contributed by atoms with Gasteiger partial charge in [-0.1, -0.05) is 26.2 Å². The Morgan fingerprint density at radius 1 is 1.19 bits per heavy atom. The topological polar surface area (TPSA) is 55.8 Å². The minimum Gasteiger partial charge on any atom is -0.469 e. The lowest BCUT2D eigenvalue weighted by atomic mass is 9.93. The van der Waals surface area contributed by atoms with E-state index in [1.54, 1.807) is 0 Å². The van der Waals surface area contributed by atoms with Crippen LogP contribution in [0.1, 0.15) is 51.9 Å². The number of carbonyl (C=O) groups excluding carboxylic acids is 2. The van der Waals surface area contributed by atoms with Crippen LogP contribution in [0, 0.1) is 5.92 Å². The molecular weight excluding hydrogens is 270 g/mol. The molecule has 5 heteroatoms. The maximum absolute atomic E-state index is 12.7. The number of ether oxygens (including phenoxy) is 2. The fourth-order valence-electron chi connectivity index (χ4n) is 3.34. The normalized spacial score (nSPS) is 24.6. The molecule has 0 spiro atoms. The van der Waals surface area contributed by atoms with E-state index in [-0.39, 0.29) is 29.9 Å². The van der Waals surface area contributed by atoms with E-state index in [0.717, 1.165) is 38.5 Å². The third-order valence-electron chi connectivity index (χ3n) is 4.58. The van der Waals surface area contributed by atoms with Crippen molar-refractivity contribution in [2.75, 3.05) is 20.3 Å². The standard InChI is InChI=1S/C16H27NO4/c1-12(16(19)20-2)11-17(13-7-4-3-5-8-13)15(18)14-9-6-10-21-14/h12-14H,3-11H2,1-2H3. The van der Waals surface area contributed by atoms with E-state index < -0.39 is 0 Å². The minimum atomic E-state index is -0.309. The minimum absolute atomic E-state index is 0.0650. The van der Waals surface area contributed by atoms with Crippen LogP contribution in [0.3, 0.4) is 0 Å². The van der Waals surface area contributed by atoms with Crippen molar-refractivity contribution < 1.29 is 19.1 Å². The van der Waals surface area contributed by atoms with Gasteiger partial charge in [0.05, 0.1) is 13.0 Å². The van der Waals surface area contributed by atoms with Crippen LogP contribution in [-0.2, 0) is 19.1 Å². The number of nitrogens with zero attached hydrogens (tertiary/aromatic N) is 1. The summed E-state index contributed by atoms with van der Waals surface area (Å²) in [6.45, 7) is 2.93. The number of hydrogen-bond acceptors (Lipinski definition) is 4. The molecule has 21 heavy (non-hydrogen) atoms. The van der Waals surface area contributed by atoms with E-state index in [1.807, 2.05) is 11.8 Å². The molecule has 1 saturated heterocycles. The van der Waals surface area contributed by atoms with Gasteiger partial charge in [-0.2, -0.15) is 0 Å². The van der Waals surface area contributed by atoms with E-state index >= 15 is 0 Å². The molecule has 1 heterocycles. The lowest BCUT2D eigenvalue weighted by Gasteiger charge is -2.36. The van der Waals surface area contributed by atoms with Crippen LogP contribution in [0.5, 0.6) is 0 Å². The summed E-state index contributed by atoms with van der Waals surface area (Å²) >= 11 is 0. The Bertz CT molecular complexity index is 359. The van der Waals surface area contributed by atoms with Crippen molar-refractivity contribution in [1.29, 1.82) is 0 Å². The van der Waals surface area contributed by atoms with Gasteiger partial charge >= 0.3 is 5.97 Å². The molecule has 2 atom stereocenters. The number of amides is 1. The molecular formula is C16H27NO4. The van der Waals surface area contributed by atoms with Gasteiger partial charge < -0.3 is 14.4 Å². The van der Waals surface area contributed by atoms with Crippen molar-refractivity contribution in [3.05, 3.63) is 0 Å². The summed E-state index contributed by atoms with van der Waals surface area (Å²) in [5.41, 5.74) is 0. The molecule has 0 aromatic carbocycles. The van der Waals surface area contributed by atoms with Crippen LogP contribution < -0.4 is 0 Å². The number of hydrogen-bond donors (Lipinski definition) is 0. The van der Waals surface area contributed by atoms with E-state index in [9.17, 15) is 9.59 Å². The fraction of sp³-hybridized carbons (Fsp3) is 0.875. The van der Waals surface area contributed by atoms with Gasteiger partial charge in [-0.25, -0.2) is 0 Å². The van der Waals surface area contributed by atoms with Gasteiger partial charge in [0.2, 0.25) is 0 Å². The largest absolute Gasteiger partial charge is 0.469 e. The molecule has 5 nitrogen and oxygen atoms in total. The van der Waals surface area contributed by atoms with Gasteiger partial charge in [-0.05, 0) is 25.7 Å². The number of methoxy groups -OCH3 is 1. The van der Waals surface area contributed by atoms with E-state index in [0.29, 0.717) is 13.2 Å². The third-order valence-corrected chi connectivity index (χ3v) is 4.58. The summed E-state index contributed by atoms with van der Waals surface area (Å²) < 4.78 is 10.3. The average Bonchev–Trinajstić information content (AvgIpc) is 3.06. The van der Waals surface area contributed by atoms with Crippen LogP contribution in [0.4, 0.5) is 0 Å². The highest BCUT2D eigenvalue weighted by Gasteiger charge is 2.34. The lowest BCUT2D eigenvalue weighted by molar-refractivity contribution is -0.150. The number of carbonyl (C=O) groups is 2. The first kappa shape index (κ1) is 16.3. The third kappa shape index (κ3) is 4.19. The lowest BCUT2D eigenvalue weighted by Crippen LogP contribution is -2.49. The molecule has 0 radical (unpaired) electrons. The first-order chi connectivity index (χ1) is 10.1. The molecule has 120 valence electrons. The number of rotatable bonds is 5. The molecule has 1 saturated carbocycles. The summed E-state index contributed by atoms with van der Waals surface area (Å²) in [5, 5.41) is 0. The second kappa shape index (κ2) is 7.78. The van der Waals surface area contributed by atoms with Crippen molar-refractivity contribution in [1.82, 2.24) is 4.90 Å². The Morgan fingerprint density at radius 3 is 2.48 bits per heavy atom. The highest BCUT2D eigenvalue weighted by Crippen LogP contribution is 2.26. The average molecular weight is 297 g/mol. The maximum Gasteiger partial charge on any atom is 0.310 e. The molecule has 2 fully saturated rings. The maximum atomic E-state index is 12.7. The van der Waals surface area contributed by atoms with Crippen molar-refractivity contribution >= 4 is 11.9 Å². The van der Waals surface area contributed by atoms with Gasteiger partial charge in [0, 0.05) is 19.2 Å². The fourth-order valence-corrected chi connectivity index (χ4v) is 3.34. The zero-order valence-electron chi connectivity index (χ0n) is 13.2. The summed E-state index contributed by atoms with van der Waals surface area (Å²) in [4.78, 5) is 26.3. The monoisotopic (exact) mass is 297 g/mol. The van der Waals surface area contributed by atoms with Crippen molar-refractivity contribution in [2.24, 2.45) is 5.92 Å². The predicted molar refractivity (Wildman–Crippen MR) is 78.7 cm³/mol. The second-order valence-corrected chi connectivity index (χ2v) is 6.21. The van der Waals surface area contributed by atoms with Gasteiger partial charge in [-0.3, -0.25) is 9.59 Å². The second-order valence-electron chi connectivity index (χ2n) is 6.21. The Kier molecular flexibility index (Phi) is 6.03. The SMILES string of the molecule is COC(=O)C(C)CN(C(=O)C1CCCO1)C1CCCCC1. The molecule has 0 bridgehead atoms. The molecule has 1 aliphatic heterocycles. The van der Waals surface area contributed by atoms with Crippen molar-refractivity contribution in [3.8, 4) is 0 Å². The molecule has 0 aromatic heterocycles. The Labute approximate surface area is 127 Å². The molecule has 0 aromatic rings. The summed E-state index contributed by atoms with van der Waals surface area (Å²) in [6, 6.07) is 0.252. The van der Waals surface area contributed by atoms with Crippen LogP contribution in [0.15, 0.2) is 0 Å². The van der Waals surface area contributed by atoms with E-state index in [2.05, 4.69) is 0 Å². The van der Waals surface area contributed by atoms with Gasteiger partial charge in [0.25, 0.3) is 5.91 Å². The van der Waals surface area contributed by atoms with Crippen LogP contribution in [0.25, 0.3) is 0 Å². The van der Waals surface area contributed by atoms with Crippen molar-refractivity contribution in [2.45, 2.75) is 64.0 Å². The van der Waals surface area contributed by atoms with E-state index in [4.69, 9.17) is 9.47 Å². The highest BCUT2D eigenvalue weighted by molar-refractivity contribution is 5.82. The molecule has 1 amide bonds. The predicted octanol–water partition coefficient (Wildman–Crippen LogP) is 2.14. The van der Waals surface area contributed by atoms with Crippen molar-refractivity contribution in [3.63, 3.8) is 0 Å².